The number of halogens is 2. The minimum Gasteiger partial charge on any atom is -0.868 e. The number of pyridine rings is 1. The normalized spacial score (nSPS) is 21.6. The smallest absolute Gasteiger partial charge is 0.868 e. The molecule has 2 amide bonds. The molecule has 1 aromatic carbocycles. The van der Waals surface area contributed by atoms with Gasteiger partial charge in [-0.15, -0.1) is 0 Å². The third kappa shape index (κ3) is 4.18. The van der Waals surface area contributed by atoms with Gasteiger partial charge in [0.25, 0.3) is 11.8 Å². The van der Waals surface area contributed by atoms with Crippen molar-refractivity contribution in [3.8, 4) is 5.75 Å². The zero-order valence-electron chi connectivity index (χ0n) is 17.9. The fraction of sp³-hybridized carbons (Fsp3) is 0.381. The van der Waals surface area contributed by atoms with Gasteiger partial charge in [-0.25, -0.2) is 4.39 Å². The van der Waals surface area contributed by atoms with Crippen LogP contribution in [0.4, 0.5) is 4.39 Å². The Morgan fingerprint density at radius 3 is 2.72 bits per heavy atom. The Morgan fingerprint density at radius 2 is 2.06 bits per heavy atom. The molecule has 1 aliphatic heterocycles. The second-order valence-corrected chi connectivity index (χ2v) is 8.37. The predicted octanol–water partition coefficient (Wildman–Crippen LogP) is -1.76. The first kappa shape index (κ1) is 25.4. The number of amides is 2. The maximum Gasteiger partial charge on any atom is 1.00 e. The average Bonchev–Trinajstić information content (AvgIpc) is 2.71. The molecule has 0 bridgehead atoms. The average molecular weight is 488 g/mol. The van der Waals surface area contributed by atoms with Crippen LogP contribution in [0.3, 0.4) is 0 Å². The monoisotopic (exact) mass is 487 g/mol. The van der Waals surface area contributed by atoms with Crippen LogP contribution in [0.2, 0.25) is 5.02 Å². The van der Waals surface area contributed by atoms with E-state index in [4.69, 9.17) is 16.3 Å². The molecule has 1 saturated carbocycles. The Hall–Kier alpha value is -1.27. The van der Waals surface area contributed by atoms with Crippen molar-refractivity contribution in [2.75, 3.05) is 20.7 Å². The zero-order chi connectivity index (χ0) is 22.5. The van der Waals surface area contributed by atoms with Gasteiger partial charge in [0, 0.05) is 39.0 Å². The molecule has 2 aliphatic rings. The number of nitrogens with zero attached hydrogens (tertiary/aromatic N) is 2. The van der Waals surface area contributed by atoms with Crippen LogP contribution in [0.15, 0.2) is 29.2 Å². The van der Waals surface area contributed by atoms with Crippen LogP contribution in [0, 0.1) is 5.82 Å². The van der Waals surface area contributed by atoms with Crippen molar-refractivity contribution in [2.45, 2.75) is 31.0 Å². The number of aromatic nitrogens is 1. The van der Waals surface area contributed by atoms with Gasteiger partial charge in [0.15, 0.2) is 5.43 Å². The molecular weight excluding hydrogens is 468 g/mol. The van der Waals surface area contributed by atoms with E-state index in [1.165, 1.54) is 33.9 Å². The van der Waals surface area contributed by atoms with Gasteiger partial charge in [-0.2, -0.15) is 0 Å². The Kier molecular flexibility index (Phi) is 7.55. The van der Waals surface area contributed by atoms with E-state index in [0.29, 0.717) is 19.4 Å². The SMILES string of the molecule is CO[C@H]1C[C@@]2(CN(C)C(=O)c3c([O-])c(=O)c(C(=O)NCc4cccc(Cl)c4F)cn32)C1.[K+]. The molecule has 0 saturated heterocycles. The van der Waals surface area contributed by atoms with Crippen molar-refractivity contribution >= 4 is 23.4 Å². The predicted molar refractivity (Wildman–Crippen MR) is 108 cm³/mol. The van der Waals surface area contributed by atoms with E-state index >= 15 is 0 Å². The van der Waals surface area contributed by atoms with Crippen molar-refractivity contribution in [1.29, 1.82) is 0 Å². The number of carbonyl (C=O) groups excluding carboxylic acids is 2. The van der Waals surface area contributed by atoms with Crippen LogP contribution < -0.4 is 67.2 Å². The molecule has 11 heteroatoms. The summed E-state index contributed by atoms with van der Waals surface area (Å²) in [6, 6.07) is 4.36. The summed E-state index contributed by atoms with van der Waals surface area (Å²) in [6.07, 6.45) is 2.28. The number of hydrogen-bond donors (Lipinski definition) is 1. The van der Waals surface area contributed by atoms with Crippen LogP contribution >= 0.6 is 11.6 Å². The van der Waals surface area contributed by atoms with Crippen molar-refractivity contribution in [1.82, 2.24) is 14.8 Å². The minimum absolute atomic E-state index is 0. The van der Waals surface area contributed by atoms with Crippen molar-refractivity contribution in [3.05, 3.63) is 62.3 Å². The zero-order valence-corrected chi connectivity index (χ0v) is 21.8. The van der Waals surface area contributed by atoms with Crippen LogP contribution in [0.1, 0.15) is 39.3 Å². The molecule has 1 N–H and O–H groups in total. The number of ether oxygens (including phenoxy) is 1. The van der Waals surface area contributed by atoms with E-state index in [-0.39, 0.29) is 80.3 Å². The second kappa shape index (κ2) is 9.53. The van der Waals surface area contributed by atoms with E-state index in [1.807, 2.05) is 0 Å². The fourth-order valence-electron chi connectivity index (χ4n) is 4.33. The molecule has 1 spiro atoms. The summed E-state index contributed by atoms with van der Waals surface area (Å²) in [5.41, 5.74) is -2.22. The molecule has 0 radical (unpaired) electrons. The maximum absolute atomic E-state index is 14.1. The van der Waals surface area contributed by atoms with E-state index < -0.39 is 39.9 Å². The maximum atomic E-state index is 14.1. The van der Waals surface area contributed by atoms with Gasteiger partial charge >= 0.3 is 51.4 Å². The Balaban J connectivity index is 0.00000289. The Morgan fingerprint density at radius 1 is 1.38 bits per heavy atom. The van der Waals surface area contributed by atoms with Gasteiger partial charge in [-0.3, -0.25) is 14.4 Å². The summed E-state index contributed by atoms with van der Waals surface area (Å²) in [5, 5.41) is 15.1. The first-order valence-electron chi connectivity index (χ1n) is 9.65. The molecule has 164 valence electrons. The topological polar surface area (TPSA) is 104 Å². The van der Waals surface area contributed by atoms with Gasteiger partial charge < -0.3 is 24.6 Å². The van der Waals surface area contributed by atoms with Crippen molar-refractivity contribution in [2.24, 2.45) is 0 Å². The van der Waals surface area contributed by atoms with Crippen LogP contribution in [-0.2, 0) is 16.8 Å². The van der Waals surface area contributed by atoms with E-state index in [2.05, 4.69) is 5.32 Å². The first-order chi connectivity index (χ1) is 14.7. The van der Waals surface area contributed by atoms with Crippen molar-refractivity contribution in [3.63, 3.8) is 0 Å². The first-order valence-corrected chi connectivity index (χ1v) is 10.0. The number of rotatable bonds is 4. The largest absolute Gasteiger partial charge is 1.00 e. The summed E-state index contributed by atoms with van der Waals surface area (Å²) in [4.78, 5) is 39.4. The number of likely N-dealkylation sites (N-methyl/N-ethyl adjacent to an activating group) is 1. The number of methoxy groups -OCH3 is 1. The van der Waals surface area contributed by atoms with Gasteiger partial charge in [0.1, 0.15) is 17.1 Å². The number of nitrogens with one attached hydrogen (secondary N) is 1. The third-order valence-electron chi connectivity index (χ3n) is 6.02. The summed E-state index contributed by atoms with van der Waals surface area (Å²) in [5.74, 6) is -3.11. The number of benzene rings is 1. The quantitative estimate of drug-likeness (QED) is 0.515. The van der Waals surface area contributed by atoms with Crippen LogP contribution in [-0.4, -0.2) is 48.1 Å². The van der Waals surface area contributed by atoms with E-state index in [0.717, 1.165) is 0 Å². The van der Waals surface area contributed by atoms with Crippen LogP contribution in [0.5, 0.6) is 5.75 Å². The summed E-state index contributed by atoms with van der Waals surface area (Å²) >= 11 is 5.75. The standard InChI is InChI=1S/C21H21ClFN3O5.K/c1-25-10-21(6-12(7-21)31-2)26-9-13(17(27)18(28)16(26)20(25)30)19(29)24-8-11-4-3-5-14(22)15(11)23;/h3-5,9,12,28H,6-8,10H2,1-2H3,(H,24,29);/q;+1/p-1/t12-,21-;. The van der Waals surface area contributed by atoms with Gasteiger partial charge in [0.2, 0.25) is 0 Å². The van der Waals surface area contributed by atoms with Gasteiger partial charge in [-0.1, -0.05) is 23.7 Å². The molecule has 32 heavy (non-hydrogen) atoms. The summed E-state index contributed by atoms with van der Waals surface area (Å²) in [7, 11) is 3.15. The Labute approximate surface area is 231 Å². The van der Waals surface area contributed by atoms with Crippen molar-refractivity contribution < 1.29 is 75.2 Å². The molecule has 1 aromatic heterocycles. The molecule has 2 aromatic rings. The van der Waals surface area contributed by atoms with Gasteiger partial charge in [0.05, 0.1) is 16.7 Å². The minimum atomic E-state index is -1.07. The van der Waals surface area contributed by atoms with Crippen LogP contribution in [0.25, 0.3) is 0 Å². The van der Waals surface area contributed by atoms with E-state index in [1.54, 1.807) is 14.2 Å². The summed E-state index contributed by atoms with van der Waals surface area (Å²) in [6.45, 7) is 0.106. The number of fused-ring (bicyclic) bond motifs is 2. The summed E-state index contributed by atoms with van der Waals surface area (Å²) < 4.78 is 20.9. The number of hydrogen-bond acceptors (Lipinski definition) is 5. The number of carbonyl (C=O) groups is 2. The molecule has 1 aliphatic carbocycles. The second-order valence-electron chi connectivity index (χ2n) is 7.97. The molecule has 0 atom stereocenters. The Bertz CT molecular complexity index is 1150. The fourth-order valence-corrected chi connectivity index (χ4v) is 4.53. The molecule has 2 heterocycles. The molecule has 4 rings (SSSR count). The molecule has 1 fully saturated rings. The van der Waals surface area contributed by atoms with Gasteiger partial charge in [-0.05, 0) is 24.7 Å². The molecule has 8 nitrogen and oxygen atoms in total. The van der Waals surface area contributed by atoms with E-state index in [9.17, 15) is 23.9 Å². The third-order valence-corrected chi connectivity index (χ3v) is 6.31. The molecule has 0 unspecified atom stereocenters. The molecular formula is C21H20ClFKN3O5.